The van der Waals surface area contributed by atoms with Gasteiger partial charge in [0.1, 0.15) is 11.6 Å². The number of aromatic amines is 1. The van der Waals surface area contributed by atoms with Gasteiger partial charge in [0.15, 0.2) is 16.8 Å². The molecule has 0 bridgehead atoms. The lowest BCUT2D eigenvalue weighted by Crippen LogP contribution is -2.44. The number of nitrogens with one attached hydrogen (secondary N) is 2. The molecule has 190 valence electrons. The lowest BCUT2D eigenvalue weighted by molar-refractivity contribution is 0.311. The third-order valence-electron chi connectivity index (χ3n) is 6.10. The highest BCUT2D eigenvalue weighted by molar-refractivity contribution is 7.15. The Balaban J connectivity index is 1.51. The number of aryl methyl sites for hydroxylation is 1. The van der Waals surface area contributed by atoms with E-state index in [1.165, 1.54) is 17.4 Å². The molecule has 11 heteroatoms. The van der Waals surface area contributed by atoms with E-state index in [2.05, 4.69) is 62.9 Å². The van der Waals surface area contributed by atoms with Crippen LogP contribution in [0.2, 0.25) is 0 Å². The van der Waals surface area contributed by atoms with Crippen molar-refractivity contribution in [3.05, 3.63) is 46.6 Å². The molecule has 1 aliphatic heterocycles. The first-order chi connectivity index (χ1) is 17.1. The molecule has 0 aliphatic carbocycles. The van der Waals surface area contributed by atoms with Gasteiger partial charge in [-0.15, -0.1) is 11.3 Å². The minimum Gasteiger partial charge on any atom is -0.418 e. The van der Waals surface area contributed by atoms with Crippen molar-refractivity contribution in [3.63, 3.8) is 0 Å². The Morgan fingerprint density at radius 3 is 2.53 bits per heavy atom. The normalized spacial score (nSPS) is 15.0. The molecule has 3 aromatic heterocycles. The number of halogens is 2. The molecular formula is C25H29F2N7OS. The van der Waals surface area contributed by atoms with Gasteiger partial charge in [0.05, 0.1) is 5.52 Å². The summed E-state index contributed by atoms with van der Waals surface area (Å²) in [5.41, 5.74) is 1.05. The van der Waals surface area contributed by atoms with Gasteiger partial charge >= 0.3 is 6.01 Å². The summed E-state index contributed by atoms with van der Waals surface area (Å²) in [6.07, 6.45) is 1.84. The first-order valence-corrected chi connectivity index (χ1v) is 12.6. The van der Waals surface area contributed by atoms with Gasteiger partial charge in [-0.05, 0) is 25.5 Å². The van der Waals surface area contributed by atoms with E-state index in [4.69, 9.17) is 4.74 Å². The van der Waals surface area contributed by atoms with Crippen molar-refractivity contribution in [1.29, 1.82) is 0 Å². The van der Waals surface area contributed by atoms with Gasteiger partial charge in [-0.25, -0.2) is 13.8 Å². The van der Waals surface area contributed by atoms with Crippen molar-refractivity contribution in [2.45, 2.75) is 33.1 Å². The maximum absolute atomic E-state index is 15.2. The number of thiazole rings is 1. The number of piperazine rings is 1. The molecule has 8 nitrogen and oxygen atoms in total. The van der Waals surface area contributed by atoms with Crippen molar-refractivity contribution in [2.75, 3.05) is 43.4 Å². The number of benzene rings is 1. The molecule has 5 rings (SSSR count). The molecule has 0 radical (unpaired) electrons. The summed E-state index contributed by atoms with van der Waals surface area (Å²) >= 11 is 1.53. The van der Waals surface area contributed by atoms with E-state index in [9.17, 15) is 4.39 Å². The highest BCUT2D eigenvalue weighted by atomic mass is 32.1. The van der Waals surface area contributed by atoms with E-state index in [0.717, 1.165) is 36.8 Å². The summed E-state index contributed by atoms with van der Waals surface area (Å²) in [6.45, 7) is 11.4. The molecule has 4 aromatic rings. The van der Waals surface area contributed by atoms with Crippen LogP contribution in [0.25, 0.3) is 10.9 Å². The highest BCUT2D eigenvalue weighted by Crippen LogP contribution is 2.35. The van der Waals surface area contributed by atoms with Crippen LogP contribution in [-0.4, -0.2) is 58.1 Å². The van der Waals surface area contributed by atoms with Crippen molar-refractivity contribution in [1.82, 2.24) is 24.8 Å². The summed E-state index contributed by atoms with van der Waals surface area (Å²) in [5.74, 6) is -1.12. The molecule has 0 amide bonds. The van der Waals surface area contributed by atoms with Crippen LogP contribution in [-0.2, 0) is 5.41 Å². The Kier molecular flexibility index (Phi) is 6.29. The molecule has 0 atom stereocenters. The van der Waals surface area contributed by atoms with Crippen LogP contribution < -0.4 is 15.0 Å². The van der Waals surface area contributed by atoms with E-state index in [1.54, 1.807) is 13.0 Å². The van der Waals surface area contributed by atoms with Gasteiger partial charge < -0.3 is 24.8 Å². The number of hydrogen-bond acceptors (Lipinski definition) is 8. The van der Waals surface area contributed by atoms with Gasteiger partial charge in [0.25, 0.3) is 0 Å². The zero-order valence-electron chi connectivity index (χ0n) is 20.9. The van der Waals surface area contributed by atoms with Crippen LogP contribution in [0.1, 0.15) is 31.3 Å². The number of rotatable bonds is 5. The average Bonchev–Trinajstić information content (AvgIpc) is 3.43. The van der Waals surface area contributed by atoms with E-state index in [-0.39, 0.29) is 16.8 Å². The fourth-order valence-electron chi connectivity index (χ4n) is 4.02. The average molecular weight is 514 g/mol. The third-order valence-corrected chi connectivity index (χ3v) is 7.44. The minimum atomic E-state index is -0.834. The van der Waals surface area contributed by atoms with E-state index < -0.39 is 17.4 Å². The topological polar surface area (TPSA) is 82.2 Å². The number of aromatic nitrogens is 4. The van der Waals surface area contributed by atoms with Crippen molar-refractivity contribution in [3.8, 4) is 11.8 Å². The molecule has 4 heterocycles. The highest BCUT2D eigenvalue weighted by Gasteiger charge is 2.23. The molecule has 1 aromatic carbocycles. The summed E-state index contributed by atoms with van der Waals surface area (Å²) < 4.78 is 35.7. The second kappa shape index (κ2) is 9.29. The van der Waals surface area contributed by atoms with E-state index >= 15 is 4.39 Å². The van der Waals surface area contributed by atoms with Crippen molar-refractivity contribution >= 4 is 39.0 Å². The lowest BCUT2D eigenvalue weighted by atomic mass is 9.96. The number of hydrogen-bond donors (Lipinski definition) is 2. The van der Waals surface area contributed by atoms with Gasteiger partial charge in [0.2, 0.25) is 5.75 Å². The Labute approximate surface area is 212 Å². The monoisotopic (exact) mass is 513 g/mol. The second-order valence-electron chi connectivity index (χ2n) is 10.1. The quantitative estimate of drug-likeness (QED) is 0.360. The molecule has 0 unspecified atom stereocenters. The van der Waals surface area contributed by atoms with Crippen LogP contribution in [0.5, 0.6) is 11.8 Å². The lowest BCUT2D eigenvalue weighted by Gasteiger charge is -2.33. The zero-order valence-corrected chi connectivity index (χ0v) is 21.8. The number of H-pyrrole nitrogens is 1. The smallest absolute Gasteiger partial charge is 0.326 e. The third kappa shape index (κ3) is 4.98. The Bertz CT molecular complexity index is 1400. The predicted octanol–water partition coefficient (Wildman–Crippen LogP) is 5.59. The second-order valence-corrected chi connectivity index (χ2v) is 11.1. The molecule has 0 spiro atoms. The Morgan fingerprint density at radius 1 is 1.08 bits per heavy atom. The molecular weight excluding hydrogens is 484 g/mol. The number of anilines is 3. The van der Waals surface area contributed by atoms with Crippen LogP contribution in [0.15, 0.2) is 24.4 Å². The number of fused-ring (bicyclic) bond motifs is 1. The molecule has 0 saturated carbocycles. The van der Waals surface area contributed by atoms with Crippen molar-refractivity contribution < 1.29 is 13.5 Å². The molecule has 1 saturated heterocycles. The summed E-state index contributed by atoms with van der Waals surface area (Å²) in [4.78, 5) is 21.8. The first-order valence-electron chi connectivity index (χ1n) is 11.8. The summed E-state index contributed by atoms with van der Waals surface area (Å²) in [7, 11) is 2.07. The van der Waals surface area contributed by atoms with Crippen LogP contribution >= 0.6 is 11.3 Å². The summed E-state index contributed by atoms with van der Waals surface area (Å²) in [5, 5.41) is 4.13. The van der Waals surface area contributed by atoms with Gasteiger partial charge in [0, 0.05) is 60.5 Å². The van der Waals surface area contributed by atoms with Crippen LogP contribution in [0.4, 0.5) is 25.5 Å². The van der Waals surface area contributed by atoms with Crippen molar-refractivity contribution in [2.24, 2.45) is 0 Å². The maximum atomic E-state index is 15.2. The minimum absolute atomic E-state index is 0.0349. The maximum Gasteiger partial charge on any atom is 0.326 e. The van der Waals surface area contributed by atoms with Gasteiger partial charge in [-0.3, -0.25) is 0 Å². The van der Waals surface area contributed by atoms with Crippen LogP contribution in [0.3, 0.4) is 0 Å². The van der Waals surface area contributed by atoms with Gasteiger partial charge in [-0.2, -0.15) is 9.97 Å². The van der Waals surface area contributed by atoms with Crippen LogP contribution in [0, 0.1) is 18.6 Å². The predicted molar refractivity (Wildman–Crippen MR) is 139 cm³/mol. The molecule has 1 aliphatic rings. The van der Waals surface area contributed by atoms with E-state index in [1.807, 2.05) is 12.3 Å². The Morgan fingerprint density at radius 2 is 1.83 bits per heavy atom. The largest absolute Gasteiger partial charge is 0.418 e. The Hall–Kier alpha value is -3.31. The first kappa shape index (κ1) is 24.4. The van der Waals surface area contributed by atoms with Gasteiger partial charge in [-0.1, -0.05) is 20.8 Å². The summed E-state index contributed by atoms with van der Waals surface area (Å²) in [6, 6.07) is 4.49. The number of likely N-dealkylation sites (N-methyl/N-ethyl adjacent to an activating group) is 1. The molecule has 36 heavy (non-hydrogen) atoms. The standard InChI is InChI=1S/C25H29F2N7OS/c1-14-10-15-17(29-14)11-16(26)22(21(15)27)35-23-30-19(31-24-28-13-18(36-24)25(2,3)4)12-20(32-23)34-8-6-33(5)7-9-34/h10-13,29H,6-9H2,1-5H3,(H,28,30,31,32). The fraction of sp³-hybridized carbons (Fsp3) is 0.400. The molecule has 2 N–H and O–H groups in total. The number of nitrogens with zero attached hydrogens (tertiary/aromatic N) is 5. The SMILES string of the molecule is Cc1cc2c(F)c(Oc3nc(Nc4ncc(C(C)(C)C)s4)cc(N4CCN(C)CC4)n3)c(F)cc2[nH]1. The zero-order chi connectivity index (χ0) is 25.6. The molecule has 1 fully saturated rings. The van der Waals surface area contributed by atoms with E-state index in [0.29, 0.717) is 22.3 Å². The fourth-order valence-corrected chi connectivity index (χ4v) is 4.90. The number of ether oxygens (including phenoxy) is 1.